The highest BCUT2D eigenvalue weighted by molar-refractivity contribution is 5.83. The Hall–Kier alpha value is -2.16. The molecule has 0 spiro atoms. The Bertz CT molecular complexity index is 541. The van der Waals surface area contributed by atoms with Crippen molar-refractivity contribution in [3.05, 3.63) is 35.6 Å². The molecule has 5 nitrogen and oxygen atoms in total. The van der Waals surface area contributed by atoms with Crippen molar-refractivity contribution in [3.8, 4) is 0 Å². The molecule has 0 aliphatic rings. The van der Waals surface area contributed by atoms with Crippen molar-refractivity contribution < 1.29 is 32.3 Å². The number of benzene rings is 1. The second-order valence-electron chi connectivity index (χ2n) is 4.85. The number of carbonyl (C=O) groups is 2. The van der Waals surface area contributed by atoms with E-state index >= 15 is 0 Å². The first-order chi connectivity index (χ1) is 10.0. The van der Waals surface area contributed by atoms with Gasteiger partial charge in [-0.05, 0) is 24.6 Å². The molecule has 1 rings (SSSR count). The summed E-state index contributed by atoms with van der Waals surface area (Å²) in [5.74, 6) is -2.38. The average molecular weight is 322 g/mol. The molecule has 22 heavy (non-hydrogen) atoms. The van der Waals surface area contributed by atoms with Crippen LogP contribution in [-0.2, 0) is 16.0 Å². The van der Waals surface area contributed by atoms with E-state index in [1.165, 1.54) is 12.1 Å². The number of amides is 2. The van der Waals surface area contributed by atoms with Crippen molar-refractivity contribution in [2.45, 2.75) is 31.5 Å². The number of hydrogen-bond donors (Lipinski definition) is 3. The summed E-state index contributed by atoms with van der Waals surface area (Å²) in [6, 6.07) is 4.99. The molecular formula is C13H14F4N2O3. The normalized spacial score (nSPS) is 14.1. The summed E-state index contributed by atoms with van der Waals surface area (Å²) < 4.78 is 49.8. The molecule has 3 N–H and O–H groups in total. The molecule has 0 saturated carbocycles. The maximum Gasteiger partial charge on any atom is 0.417 e. The largest absolute Gasteiger partial charge is 0.417 e. The number of halogens is 4. The fourth-order valence-electron chi connectivity index (χ4n) is 1.43. The second-order valence-corrected chi connectivity index (χ2v) is 4.85. The van der Waals surface area contributed by atoms with Crippen LogP contribution in [0.3, 0.4) is 0 Å². The number of alkyl halides is 3. The highest BCUT2D eigenvalue weighted by atomic mass is 19.4. The number of carbonyl (C=O) groups excluding carboxylic acids is 2. The van der Waals surface area contributed by atoms with E-state index in [2.05, 4.69) is 0 Å². The molecular weight excluding hydrogens is 308 g/mol. The maximum atomic E-state index is 12.7. The van der Waals surface area contributed by atoms with Gasteiger partial charge in [-0.1, -0.05) is 12.1 Å². The van der Waals surface area contributed by atoms with E-state index < -0.39 is 35.8 Å². The number of hydrogen-bond acceptors (Lipinski definition) is 3. The molecule has 0 radical (unpaired) electrons. The third-order valence-electron chi connectivity index (χ3n) is 2.73. The van der Waals surface area contributed by atoms with E-state index in [1.54, 1.807) is 5.43 Å². The van der Waals surface area contributed by atoms with Crippen LogP contribution in [0.1, 0.15) is 18.9 Å². The minimum atomic E-state index is -4.97. The predicted molar refractivity (Wildman–Crippen MR) is 67.7 cm³/mol. The molecule has 0 fully saturated rings. The Morgan fingerprint density at radius 1 is 1.09 bits per heavy atom. The molecule has 0 aromatic heterocycles. The van der Waals surface area contributed by atoms with Gasteiger partial charge >= 0.3 is 6.18 Å². The van der Waals surface area contributed by atoms with Gasteiger partial charge in [0.15, 0.2) is 5.60 Å². The molecule has 9 heteroatoms. The van der Waals surface area contributed by atoms with Gasteiger partial charge in [-0.15, -0.1) is 0 Å². The molecule has 0 aliphatic carbocycles. The topological polar surface area (TPSA) is 78.4 Å². The summed E-state index contributed by atoms with van der Waals surface area (Å²) in [5, 5.41) is 9.11. The molecule has 122 valence electrons. The van der Waals surface area contributed by atoms with Gasteiger partial charge in [0.1, 0.15) is 5.82 Å². The van der Waals surface area contributed by atoms with Gasteiger partial charge in [0.05, 0.1) is 12.8 Å². The smallest absolute Gasteiger partial charge is 0.380 e. The van der Waals surface area contributed by atoms with Gasteiger partial charge < -0.3 is 5.11 Å². The summed E-state index contributed by atoms with van der Waals surface area (Å²) in [4.78, 5) is 22.7. The first-order valence-corrected chi connectivity index (χ1v) is 6.12. The third kappa shape index (κ3) is 5.32. The SMILES string of the molecule is C[C@@](O)(CC(=O)NNC(=O)Cc1ccc(F)cc1)C(F)(F)F. The highest BCUT2D eigenvalue weighted by Crippen LogP contribution is 2.32. The fraction of sp³-hybridized carbons (Fsp3) is 0.385. The van der Waals surface area contributed by atoms with Crippen molar-refractivity contribution in [3.63, 3.8) is 0 Å². The van der Waals surface area contributed by atoms with E-state index in [0.717, 1.165) is 12.1 Å². The Morgan fingerprint density at radius 3 is 2.09 bits per heavy atom. The zero-order chi connectivity index (χ0) is 17.0. The Labute approximate surface area is 123 Å². The van der Waals surface area contributed by atoms with Crippen LogP contribution >= 0.6 is 0 Å². The number of rotatable bonds is 4. The van der Waals surface area contributed by atoms with E-state index in [0.29, 0.717) is 12.5 Å². The standard InChI is InChI=1S/C13H14F4N2O3/c1-12(22,13(15,16)17)7-11(21)19-18-10(20)6-8-2-4-9(14)5-3-8/h2-5,22H,6-7H2,1H3,(H,18,20)(H,19,21)/t12-/m1/s1. The van der Waals surface area contributed by atoms with E-state index in [1.807, 2.05) is 5.43 Å². The van der Waals surface area contributed by atoms with Crippen molar-refractivity contribution in [1.29, 1.82) is 0 Å². The van der Waals surface area contributed by atoms with Crippen LogP contribution in [0.25, 0.3) is 0 Å². The highest BCUT2D eigenvalue weighted by Gasteiger charge is 2.51. The van der Waals surface area contributed by atoms with Crippen LogP contribution in [-0.4, -0.2) is 28.7 Å². The van der Waals surface area contributed by atoms with Gasteiger partial charge in [0.2, 0.25) is 11.8 Å². The second kappa shape index (κ2) is 6.73. The third-order valence-corrected chi connectivity index (χ3v) is 2.73. The van der Waals surface area contributed by atoms with E-state index in [-0.39, 0.29) is 6.42 Å². The molecule has 1 aromatic carbocycles. The number of hydrazine groups is 1. The van der Waals surface area contributed by atoms with Crippen molar-refractivity contribution >= 4 is 11.8 Å². The average Bonchev–Trinajstić information content (AvgIpc) is 2.37. The molecule has 0 unspecified atom stereocenters. The molecule has 0 saturated heterocycles. The van der Waals surface area contributed by atoms with Crippen LogP contribution in [0.2, 0.25) is 0 Å². The zero-order valence-corrected chi connectivity index (χ0v) is 11.5. The lowest BCUT2D eigenvalue weighted by Gasteiger charge is -2.25. The van der Waals surface area contributed by atoms with Gasteiger partial charge in [-0.25, -0.2) is 4.39 Å². The van der Waals surface area contributed by atoms with Crippen molar-refractivity contribution in [1.82, 2.24) is 10.9 Å². The van der Waals surface area contributed by atoms with Crippen LogP contribution in [0.5, 0.6) is 0 Å². The lowest BCUT2D eigenvalue weighted by Crippen LogP contribution is -2.49. The summed E-state index contributed by atoms with van der Waals surface area (Å²) >= 11 is 0. The zero-order valence-electron chi connectivity index (χ0n) is 11.5. The van der Waals surface area contributed by atoms with Crippen LogP contribution in [0.4, 0.5) is 17.6 Å². The minimum Gasteiger partial charge on any atom is -0.380 e. The van der Waals surface area contributed by atoms with E-state index in [4.69, 9.17) is 5.11 Å². The molecule has 1 atom stereocenters. The Morgan fingerprint density at radius 2 is 1.59 bits per heavy atom. The van der Waals surface area contributed by atoms with Gasteiger partial charge in [-0.2, -0.15) is 13.2 Å². The molecule has 1 aromatic rings. The molecule has 2 amide bonds. The van der Waals surface area contributed by atoms with Crippen LogP contribution < -0.4 is 10.9 Å². The molecule has 0 bridgehead atoms. The fourth-order valence-corrected chi connectivity index (χ4v) is 1.43. The summed E-state index contributed by atoms with van der Waals surface area (Å²) in [7, 11) is 0. The van der Waals surface area contributed by atoms with Crippen LogP contribution in [0, 0.1) is 5.82 Å². The molecule has 0 aliphatic heterocycles. The van der Waals surface area contributed by atoms with Crippen molar-refractivity contribution in [2.24, 2.45) is 0 Å². The summed E-state index contributed by atoms with van der Waals surface area (Å²) in [6.45, 7) is 0.451. The predicted octanol–water partition coefficient (Wildman–Crippen LogP) is 1.22. The summed E-state index contributed by atoms with van der Waals surface area (Å²) in [5.41, 5.74) is 0.937. The Kier molecular flexibility index (Phi) is 5.48. The van der Waals surface area contributed by atoms with Gasteiger partial charge in [0.25, 0.3) is 0 Å². The van der Waals surface area contributed by atoms with Crippen molar-refractivity contribution in [2.75, 3.05) is 0 Å². The van der Waals surface area contributed by atoms with Gasteiger partial charge in [0, 0.05) is 0 Å². The van der Waals surface area contributed by atoms with Gasteiger partial charge in [-0.3, -0.25) is 20.4 Å². The molecule has 0 heterocycles. The quantitative estimate of drug-likeness (QED) is 0.576. The maximum absolute atomic E-state index is 12.7. The van der Waals surface area contributed by atoms with Crippen LogP contribution in [0.15, 0.2) is 24.3 Å². The summed E-state index contributed by atoms with van der Waals surface area (Å²) in [6.07, 6.45) is -6.42. The minimum absolute atomic E-state index is 0.198. The monoisotopic (exact) mass is 322 g/mol. The first kappa shape index (κ1) is 17.9. The Balaban J connectivity index is 2.44. The lowest BCUT2D eigenvalue weighted by molar-refractivity contribution is -0.253. The number of aliphatic hydroxyl groups is 1. The number of nitrogens with one attached hydrogen (secondary N) is 2. The first-order valence-electron chi connectivity index (χ1n) is 6.12. The lowest BCUT2D eigenvalue weighted by atomic mass is 10.0. The van der Waals surface area contributed by atoms with E-state index in [9.17, 15) is 27.2 Å².